The van der Waals surface area contributed by atoms with E-state index in [1.54, 1.807) is 22.0 Å². The smallest absolute Gasteiger partial charge is 0.233 e. The van der Waals surface area contributed by atoms with Crippen molar-refractivity contribution in [3.05, 3.63) is 53.3 Å². The van der Waals surface area contributed by atoms with Crippen LogP contribution in [0.2, 0.25) is 30.8 Å². The van der Waals surface area contributed by atoms with E-state index in [4.69, 9.17) is 16.3 Å². The summed E-state index contributed by atoms with van der Waals surface area (Å²) in [6, 6.07) is 6.02. The first kappa shape index (κ1) is 24.4. The minimum Gasteiger partial charge on any atom is -0.359 e. The number of carbonyl (C=O) groups excluding carboxylic acids is 1. The topological polar surface area (TPSA) is 86.0 Å². The lowest BCUT2D eigenvalue weighted by molar-refractivity contribution is -0.120. The summed E-state index contributed by atoms with van der Waals surface area (Å²) >= 11 is 5.68. The summed E-state index contributed by atoms with van der Waals surface area (Å²) in [4.78, 5) is 27.5. The molecule has 4 heterocycles. The Balaban J connectivity index is 1.53. The van der Waals surface area contributed by atoms with Crippen LogP contribution in [0.4, 0.5) is 10.3 Å². The molecule has 1 unspecified atom stereocenters. The number of nitrogens with zero attached hydrogens (tertiary/aromatic N) is 6. The molecular formula is C23H28ClFN6O2Si. The second-order valence-electron chi connectivity index (χ2n) is 9.61. The van der Waals surface area contributed by atoms with E-state index in [1.807, 2.05) is 12.1 Å². The maximum atomic E-state index is 13.8. The van der Waals surface area contributed by atoms with Gasteiger partial charge in [-0.15, -0.1) is 5.10 Å². The lowest BCUT2D eigenvalue weighted by Crippen LogP contribution is -2.31. The van der Waals surface area contributed by atoms with Crippen molar-refractivity contribution >= 4 is 31.5 Å². The Labute approximate surface area is 204 Å². The number of pyridine rings is 2. The number of hydrogen-bond donors (Lipinski definition) is 0. The van der Waals surface area contributed by atoms with Crippen molar-refractivity contribution in [3.63, 3.8) is 0 Å². The summed E-state index contributed by atoms with van der Waals surface area (Å²) in [7, 11) is -1.23. The van der Waals surface area contributed by atoms with Crippen LogP contribution in [0.1, 0.15) is 12.0 Å². The minimum atomic E-state index is -1.23. The molecule has 11 heteroatoms. The number of rotatable bonds is 9. The van der Waals surface area contributed by atoms with Crippen LogP contribution >= 0.6 is 11.6 Å². The fourth-order valence-electron chi connectivity index (χ4n) is 3.76. The van der Waals surface area contributed by atoms with Crippen molar-refractivity contribution in [2.24, 2.45) is 5.92 Å². The average molecular weight is 503 g/mol. The van der Waals surface area contributed by atoms with Crippen molar-refractivity contribution in [1.82, 2.24) is 24.7 Å². The molecule has 180 valence electrons. The number of hydrogen-bond acceptors (Lipinski definition) is 6. The highest BCUT2D eigenvalue weighted by Gasteiger charge is 2.36. The van der Waals surface area contributed by atoms with Gasteiger partial charge in [0, 0.05) is 51.3 Å². The highest BCUT2D eigenvalue weighted by molar-refractivity contribution is 6.76. The number of anilines is 1. The molecule has 0 spiro atoms. The third kappa shape index (κ3) is 5.86. The SMILES string of the molecule is C[Si](C)(C)CCOCn1nc(-c2ccncc2)nc1N1CCC(Cc2cnc(Cl)c(F)c2)C1=O. The number of halogens is 2. The highest BCUT2D eigenvalue weighted by Crippen LogP contribution is 2.29. The molecule has 3 aromatic rings. The zero-order valence-electron chi connectivity index (χ0n) is 19.5. The molecule has 0 saturated carbocycles. The molecule has 0 N–H and O–H groups in total. The van der Waals surface area contributed by atoms with Gasteiger partial charge in [0.05, 0.1) is 0 Å². The van der Waals surface area contributed by atoms with Crippen molar-refractivity contribution < 1.29 is 13.9 Å². The van der Waals surface area contributed by atoms with Gasteiger partial charge in [-0.3, -0.25) is 14.7 Å². The van der Waals surface area contributed by atoms with Crippen molar-refractivity contribution in [2.75, 3.05) is 18.1 Å². The molecule has 8 nitrogen and oxygen atoms in total. The molecule has 1 atom stereocenters. The van der Waals surface area contributed by atoms with Crippen molar-refractivity contribution in [3.8, 4) is 11.4 Å². The molecule has 0 radical (unpaired) electrons. The van der Waals surface area contributed by atoms with Gasteiger partial charge in [-0.25, -0.2) is 14.1 Å². The summed E-state index contributed by atoms with van der Waals surface area (Å²) in [5, 5.41) is 4.45. The first-order valence-corrected chi connectivity index (χ1v) is 15.3. The molecule has 1 saturated heterocycles. The quantitative estimate of drug-likeness (QED) is 0.244. The number of amides is 1. The Morgan fingerprint density at radius 2 is 2.03 bits per heavy atom. The lowest BCUT2D eigenvalue weighted by Gasteiger charge is -2.18. The normalized spacial score (nSPS) is 16.4. The van der Waals surface area contributed by atoms with Crippen molar-refractivity contribution in [1.29, 1.82) is 0 Å². The van der Waals surface area contributed by atoms with Crippen LogP contribution in [0, 0.1) is 11.7 Å². The minimum absolute atomic E-state index is 0.0765. The first-order valence-electron chi connectivity index (χ1n) is 11.3. The van der Waals surface area contributed by atoms with Crippen LogP contribution in [-0.2, 0) is 22.7 Å². The van der Waals surface area contributed by atoms with Crippen molar-refractivity contribution in [2.45, 2.75) is 45.3 Å². The van der Waals surface area contributed by atoms with E-state index in [0.29, 0.717) is 43.3 Å². The molecular weight excluding hydrogens is 475 g/mol. The molecule has 1 fully saturated rings. The van der Waals surface area contributed by atoms with E-state index < -0.39 is 13.9 Å². The molecule has 1 aliphatic heterocycles. The van der Waals surface area contributed by atoms with E-state index in [-0.39, 0.29) is 23.7 Å². The van der Waals surface area contributed by atoms with Crippen LogP contribution in [0.5, 0.6) is 0 Å². The molecule has 3 aromatic heterocycles. The monoisotopic (exact) mass is 502 g/mol. The van der Waals surface area contributed by atoms with Crippen LogP contribution in [0.3, 0.4) is 0 Å². The second kappa shape index (κ2) is 10.3. The van der Waals surface area contributed by atoms with Gasteiger partial charge in [-0.1, -0.05) is 31.2 Å². The molecule has 0 bridgehead atoms. The Bertz CT molecular complexity index is 1150. The van der Waals surface area contributed by atoms with Crippen LogP contribution in [0.15, 0.2) is 36.8 Å². The summed E-state index contributed by atoms with van der Waals surface area (Å²) in [6.07, 6.45) is 5.87. The largest absolute Gasteiger partial charge is 0.359 e. The van der Waals surface area contributed by atoms with Gasteiger partial charge in [0.15, 0.2) is 16.8 Å². The van der Waals surface area contributed by atoms with Gasteiger partial charge in [0.2, 0.25) is 11.9 Å². The molecule has 34 heavy (non-hydrogen) atoms. The van der Waals surface area contributed by atoms with Gasteiger partial charge >= 0.3 is 0 Å². The third-order valence-electron chi connectivity index (χ3n) is 5.69. The Morgan fingerprint density at radius 1 is 1.26 bits per heavy atom. The first-order chi connectivity index (χ1) is 16.2. The van der Waals surface area contributed by atoms with Crippen LogP contribution in [-0.4, -0.2) is 51.9 Å². The Morgan fingerprint density at radius 3 is 2.74 bits per heavy atom. The third-order valence-corrected chi connectivity index (χ3v) is 7.68. The zero-order valence-corrected chi connectivity index (χ0v) is 21.3. The fraction of sp³-hybridized carbons (Fsp3) is 0.435. The van der Waals surface area contributed by atoms with Gasteiger partial charge in [-0.05, 0) is 42.6 Å². The summed E-state index contributed by atoms with van der Waals surface area (Å²) in [5.41, 5.74) is 1.44. The maximum Gasteiger partial charge on any atom is 0.233 e. The van der Waals surface area contributed by atoms with E-state index in [9.17, 15) is 9.18 Å². The Hall–Kier alpha value is -2.69. The summed E-state index contributed by atoms with van der Waals surface area (Å²) in [5.74, 6) is -0.00471. The summed E-state index contributed by atoms with van der Waals surface area (Å²) in [6.45, 7) is 8.22. The fourth-order valence-corrected chi connectivity index (χ4v) is 4.62. The number of carbonyl (C=O) groups is 1. The molecule has 4 rings (SSSR count). The van der Waals surface area contributed by atoms with E-state index >= 15 is 0 Å². The molecule has 0 aliphatic carbocycles. The lowest BCUT2D eigenvalue weighted by atomic mass is 9.99. The predicted octanol–water partition coefficient (Wildman–Crippen LogP) is 4.44. The average Bonchev–Trinajstić information content (AvgIpc) is 3.37. The van der Waals surface area contributed by atoms with Crippen LogP contribution in [0.25, 0.3) is 11.4 Å². The van der Waals surface area contributed by atoms with Gasteiger partial charge in [-0.2, -0.15) is 4.98 Å². The second-order valence-corrected chi connectivity index (χ2v) is 15.6. The molecule has 0 aromatic carbocycles. The highest BCUT2D eigenvalue weighted by atomic mass is 35.5. The number of ether oxygens (including phenoxy) is 1. The maximum absolute atomic E-state index is 13.8. The summed E-state index contributed by atoms with van der Waals surface area (Å²) < 4.78 is 21.4. The molecule has 1 aliphatic rings. The van der Waals surface area contributed by atoms with E-state index in [1.165, 1.54) is 12.3 Å². The van der Waals surface area contributed by atoms with Gasteiger partial charge in [0.1, 0.15) is 6.73 Å². The Kier molecular flexibility index (Phi) is 7.39. The predicted molar refractivity (Wildman–Crippen MR) is 131 cm³/mol. The standard InChI is InChI=1S/C23H28ClFN6O2Si/c1-34(2,3)11-10-33-15-31-23(28-21(29-31)17-4-7-26-8-5-17)30-9-6-18(22(30)32)12-16-13-19(25)20(24)27-14-16/h4-5,7-8,13-14,18H,6,9-12,15H2,1-3H3. The van der Waals surface area contributed by atoms with Gasteiger partial charge < -0.3 is 4.74 Å². The van der Waals surface area contributed by atoms with E-state index in [2.05, 4.69) is 39.7 Å². The van der Waals surface area contributed by atoms with Gasteiger partial charge in [0.25, 0.3) is 0 Å². The van der Waals surface area contributed by atoms with Crippen LogP contribution < -0.4 is 4.90 Å². The zero-order chi connectivity index (χ0) is 24.3. The molecule has 1 amide bonds. The van der Waals surface area contributed by atoms with E-state index in [0.717, 1.165) is 11.6 Å². The number of aromatic nitrogens is 5.